The van der Waals surface area contributed by atoms with Crippen LogP contribution in [0.4, 0.5) is 0 Å². The molecule has 0 aromatic heterocycles. The third kappa shape index (κ3) is 4.76. The molecule has 3 nitrogen and oxygen atoms in total. The third-order valence-corrected chi connectivity index (χ3v) is 8.58. The van der Waals surface area contributed by atoms with Crippen LogP contribution in [-0.4, -0.2) is 41.0 Å². The van der Waals surface area contributed by atoms with E-state index in [9.17, 15) is 0 Å². The first-order chi connectivity index (χ1) is 9.04. The van der Waals surface area contributed by atoms with Gasteiger partial charge < -0.3 is 9.05 Å². The Hall–Kier alpha value is 1.01. The molecule has 2 fully saturated rings. The summed E-state index contributed by atoms with van der Waals surface area (Å²) in [4.78, 5) is 0. The molecule has 3 unspecified atom stereocenters. The lowest BCUT2D eigenvalue weighted by Gasteiger charge is -2.33. The molecule has 0 aromatic carbocycles. The first-order valence-corrected chi connectivity index (χ1v) is 10.5. The molecule has 0 radical (unpaired) electrons. The fourth-order valence-corrected chi connectivity index (χ4v) is 7.23. The average Bonchev–Trinajstić information content (AvgIpc) is 3.00. The Bertz CT molecular complexity index is 263. The molecule has 0 saturated carbocycles. The van der Waals surface area contributed by atoms with Crippen molar-refractivity contribution in [1.82, 2.24) is 4.67 Å². The van der Waals surface area contributed by atoms with Crippen molar-refractivity contribution in [2.45, 2.75) is 63.6 Å². The zero-order valence-electron chi connectivity index (χ0n) is 13.0. The van der Waals surface area contributed by atoms with Crippen molar-refractivity contribution in [2.75, 3.05) is 20.2 Å². The summed E-state index contributed by atoms with van der Waals surface area (Å²) in [5, 5.41) is 0.540. The van der Waals surface area contributed by atoms with Crippen LogP contribution >= 0.6 is 30.1 Å². The first kappa shape index (κ1) is 18.1. The van der Waals surface area contributed by atoms with E-state index in [1.807, 2.05) is 35.4 Å². The number of rotatable bonds is 4. The summed E-state index contributed by atoms with van der Waals surface area (Å²) < 4.78 is 14.4. The van der Waals surface area contributed by atoms with Gasteiger partial charge in [-0.15, -0.1) is 0 Å². The molecule has 0 spiro atoms. The van der Waals surface area contributed by atoms with Crippen molar-refractivity contribution >= 4 is 30.1 Å². The zero-order valence-corrected chi connectivity index (χ0v) is 15.5. The van der Waals surface area contributed by atoms with Crippen molar-refractivity contribution in [3.8, 4) is 0 Å². The summed E-state index contributed by atoms with van der Waals surface area (Å²) in [5.74, 6) is 0. The largest absolute Gasteiger partial charge is 0.325 e. The highest BCUT2D eigenvalue weighted by atomic mass is 33.1. The maximum atomic E-state index is 6.30. The Morgan fingerprint density at radius 2 is 1.79 bits per heavy atom. The van der Waals surface area contributed by atoms with Crippen molar-refractivity contribution < 1.29 is 9.05 Å². The van der Waals surface area contributed by atoms with Gasteiger partial charge in [-0.05, 0) is 33.6 Å². The summed E-state index contributed by atoms with van der Waals surface area (Å²) in [5.41, 5.74) is 0. The van der Waals surface area contributed by atoms with E-state index in [-0.39, 0.29) is 10.9 Å². The van der Waals surface area contributed by atoms with Crippen molar-refractivity contribution in [3.05, 3.63) is 0 Å². The van der Waals surface area contributed by atoms with E-state index in [2.05, 4.69) is 25.4 Å². The van der Waals surface area contributed by atoms with E-state index in [1.54, 1.807) is 7.11 Å². The van der Waals surface area contributed by atoms with Crippen LogP contribution in [0.2, 0.25) is 0 Å². The predicted octanol–water partition coefficient (Wildman–Crippen LogP) is 4.93. The fourth-order valence-electron chi connectivity index (χ4n) is 2.26. The first-order valence-electron chi connectivity index (χ1n) is 7.15. The van der Waals surface area contributed by atoms with Crippen LogP contribution in [0.1, 0.15) is 47.5 Å². The Morgan fingerprint density at radius 1 is 1.21 bits per heavy atom. The molecule has 0 bridgehead atoms. The lowest BCUT2D eigenvalue weighted by Crippen LogP contribution is -2.36. The van der Waals surface area contributed by atoms with Crippen LogP contribution in [0, 0.1) is 0 Å². The molecule has 2 aliphatic rings. The average molecular weight is 325 g/mol. The minimum Gasteiger partial charge on any atom is -0.325 e. The fraction of sp³-hybridized carbons (Fsp3) is 1.00. The zero-order chi connectivity index (χ0) is 14.5. The summed E-state index contributed by atoms with van der Waals surface area (Å²) in [6.07, 6.45) is 2.83. The van der Waals surface area contributed by atoms with Crippen LogP contribution in [0.5, 0.6) is 0 Å². The van der Waals surface area contributed by atoms with Crippen LogP contribution in [-0.2, 0) is 9.05 Å². The molecule has 0 amide bonds. The lowest BCUT2D eigenvalue weighted by atomic mass is 10.0. The predicted molar refractivity (Wildman–Crippen MR) is 89.7 cm³/mol. The van der Waals surface area contributed by atoms with Crippen LogP contribution in [0.25, 0.3) is 0 Å². The lowest BCUT2D eigenvalue weighted by molar-refractivity contribution is 0.145. The van der Waals surface area contributed by atoms with Crippen molar-refractivity contribution in [1.29, 1.82) is 0 Å². The third-order valence-electron chi connectivity index (χ3n) is 3.20. The van der Waals surface area contributed by atoms with Gasteiger partial charge in [-0.25, -0.2) is 4.67 Å². The van der Waals surface area contributed by atoms with Gasteiger partial charge in [0, 0.05) is 30.2 Å². The Balaban J connectivity index is 0.000000861. The Kier molecular flexibility index (Phi) is 8.03. The minimum absolute atomic E-state index is 0.183. The smallest absolute Gasteiger partial charge is 0.258 e. The van der Waals surface area contributed by atoms with Gasteiger partial charge in [-0.2, -0.15) is 0 Å². The van der Waals surface area contributed by atoms with Crippen LogP contribution in [0.3, 0.4) is 0 Å². The van der Waals surface area contributed by atoms with Crippen molar-refractivity contribution in [3.63, 3.8) is 0 Å². The molecule has 2 aliphatic heterocycles. The van der Waals surface area contributed by atoms with Crippen molar-refractivity contribution in [2.24, 2.45) is 0 Å². The highest BCUT2D eigenvalue weighted by Crippen LogP contribution is 2.57. The summed E-state index contributed by atoms with van der Waals surface area (Å²) in [6.45, 7) is 13.0. The van der Waals surface area contributed by atoms with Gasteiger partial charge in [-0.1, -0.05) is 35.4 Å². The summed E-state index contributed by atoms with van der Waals surface area (Å²) in [6, 6.07) is 0. The van der Waals surface area contributed by atoms with E-state index in [4.69, 9.17) is 9.05 Å². The summed E-state index contributed by atoms with van der Waals surface area (Å²) in [7, 11) is 4.80. The highest BCUT2D eigenvalue weighted by Gasteiger charge is 2.45. The highest BCUT2D eigenvalue weighted by molar-refractivity contribution is 8.77. The molecular formula is C13H28NO2PS2. The summed E-state index contributed by atoms with van der Waals surface area (Å²) >= 11 is 0. The number of nitrogens with zero attached hydrogens (tertiary/aromatic N) is 1. The normalized spacial score (nSPS) is 31.9. The standard InChI is InChI=1S/C11H22NO2PS2.C2H6/c1-9-10(11(2,3)17-16-9)14-15(13-4)12-7-5-6-8-12;1-2/h9-10H,5-8H2,1-4H3;1-2H3. The molecule has 0 aromatic rings. The maximum absolute atomic E-state index is 6.30. The number of hydrogen-bond donors (Lipinski definition) is 0. The quantitative estimate of drug-likeness (QED) is 0.538. The molecule has 2 rings (SSSR count). The van der Waals surface area contributed by atoms with Gasteiger partial charge in [-0.3, -0.25) is 0 Å². The van der Waals surface area contributed by atoms with Crippen LogP contribution < -0.4 is 0 Å². The molecule has 0 aliphatic carbocycles. The molecular weight excluding hydrogens is 297 g/mol. The second-order valence-corrected chi connectivity index (χ2v) is 9.94. The van der Waals surface area contributed by atoms with Gasteiger partial charge in [0.1, 0.15) is 0 Å². The van der Waals surface area contributed by atoms with E-state index < -0.39 is 8.53 Å². The second kappa shape index (κ2) is 8.45. The van der Waals surface area contributed by atoms with E-state index >= 15 is 0 Å². The van der Waals surface area contributed by atoms with E-state index in [0.29, 0.717) is 5.25 Å². The molecule has 2 heterocycles. The van der Waals surface area contributed by atoms with E-state index in [0.717, 1.165) is 13.1 Å². The van der Waals surface area contributed by atoms with Gasteiger partial charge in [0.05, 0.1) is 6.10 Å². The second-order valence-electron chi connectivity index (χ2n) is 5.10. The van der Waals surface area contributed by atoms with Crippen LogP contribution in [0.15, 0.2) is 0 Å². The van der Waals surface area contributed by atoms with E-state index in [1.165, 1.54) is 12.8 Å². The maximum Gasteiger partial charge on any atom is 0.258 e. The molecule has 3 atom stereocenters. The van der Waals surface area contributed by atoms with Gasteiger partial charge in [0.2, 0.25) is 0 Å². The van der Waals surface area contributed by atoms with Gasteiger partial charge in [0.15, 0.2) is 0 Å². The number of hydrogen-bond acceptors (Lipinski definition) is 5. The molecule has 114 valence electrons. The SMILES string of the molecule is CC.COP(OC1C(C)SSC1(C)C)N1CCCC1. The van der Waals surface area contributed by atoms with Gasteiger partial charge >= 0.3 is 0 Å². The Labute approximate surface area is 127 Å². The molecule has 19 heavy (non-hydrogen) atoms. The topological polar surface area (TPSA) is 21.7 Å². The monoisotopic (exact) mass is 325 g/mol. The molecule has 2 saturated heterocycles. The molecule has 6 heteroatoms. The van der Waals surface area contributed by atoms with Gasteiger partial charge in [0.25, 0.3) is 8.53 Å². The minimum atomic E-state index is -0.849. The molecule has 0 N–H and O–H groups in total. The Morgan fingerprint density at radius 3 is 2.21 bits per heavy atom.